The first-order chi connectivity index (χ1) is 10.6. The lowest BCUT2D eigenvalue weighted by molar-refractivity contribution is 0.789. The number of hydrogen-bond acceptors (Lipinski definition) is 4. The van der Waals surface area contributed by atoms with Crippen molar-refractivity contribution >= 4 is 22.5 Å². The normalized spacial score (nSPS) is 11.0. The lowest BCUT2D eigenvalue weighted by atomic mass is 10.2. The Bertz CT molecular complexity index is 904. The fraction of sp³-hybridized carbons (Fsp3) is 0.188. The van der Waals surface area contributed by atoms with Crippen molar-refractivity contribution in [2.45, 2.75) is 13.3 Å². The number of nitrogens with zero attached hydrogens (tertiary/aromatic N) is 3. The molecule has 0 bridgehead atoms. The molecule has 0 saturated carbocycles. The van der Waals surface area contributed by atoms with Crippen LogP contribution in [0.2, 0.25) is 5.02 Å². The summed E-state index contributed by atoms with van der Waals surface area (Å²) in [4.78, 5) is 21.8. The van der Waals surface area contributed by atoms with Gasteiger partial charge in [0.2, 0.25) is 0 Å². The highest BCUT2D eigenvalue weighted by Crippen LogP contribution is 2.21. The predicted molar refractivity (Wildman–Crippen MR) is 87.6 cm³/mol. The zero-order chi connectivity index (χ0) is 15.7. The molecule has 1 aromatic carbocycles. The van der Waals surface area contributed by atoms with Gasteiger partial charge >= 0.3 is 0 Å². The van der Waals surface area contributed by atoms with Gasteiger partial charge in [0.25, 0.3) is 5.56 Å². The summed E-state index contributed by atoms with van der Waals surface area (Å²) in [6.45, 7) is 2.25. The summed E-state index contributed by atoms with van der Waals surface area (Å²) in [6, 6.07) is 8.88. The molecular formula is C16H15ClN4O. The number of nitrogens with two attached hydrogens (primary N) is 1. The van der Waals surface area contributed by atoms with Crippen molar-refractivity contribution in [3.63, 3.8) is 0 Å². The average Bonchev–Trinajstić information content (AvgIpc) is 2.49. The molecule has 0 saturated heterocycles. The molecule has 6 heteroatoms. The van der Waals surface area contributed by atoms with Gasteiger partial charge in [-0.1, -0.05) is 17.7 Å². The van der Waals surface area contributed by atoms with Gasteiger partial charge in [-0.2, -0.15) is 0 Å². The molecule has 0 spiro atoms. The van der Waals surface area contributed by atoms with Crippen molar-refractivity contribution in [1.29, 1.82) is 0 Å². The molecule has 0 amide bonds. The van der Waals surface area contributed by atoms with Crippen LogP contribution in [0.5, 0.6) is 0 Å². The minimum atomic E-state index is -0.199. The highest BCUT2D eigenvalue weighted by molar-refractivity contribution is 6.35. The minimum absolute atomic E-state index is 0.199. The van der Waals surface area contributed by atoms with E-state index in [1.165, 1.54) is 0 Å². The molecule has 22 heavy (non-hydrogen) atoms. The molecule has 3 rings (SSSR count). The van der Waals surface area contributed by atoms with Crippen LogP contribution < -0.4 is 11.3 Å². The van der Waals surface area contributed by atoms with Crippen molar-refractivity contribution in [2.24, 2.45) is 5.73 Å². The number of fused-ring (bicyclic) bond motifs is 1. The van der Waals surface area contributed by atoms with Gasteiger partial charge in [-0.25, -0.2) is 4.98 Å². The van der Waals surface area contributed by atoms with E-state index in [4.69, 9.17) is 17.3 Å². The molecule has 2 heterocycles. The van der Waals surface area contributed by atoms with Gasteiger partial charge in [0, 0.05) is 12.6 Å². The van der Waals surface area contributed by atoms with Crippen molar-refractivity contribution < 1.29 is 0 Å². The summed E-state index contributed by atoms with van der Waals surface area (Å²) in [7, 11) is 0. The molecule has 5 nitrogen and oxygen atoms in total. The Morgan fingerprint density at radius 2 is 2.09 bits per heavy atom. The molecule has 0 aliphatic heterocycles. The molecule has 0 aliphatic rings. The Balaban J connectivity index is 2.44. The Hall–Kier alpha value is -2.24. The summed E-state index contributed by atoms with van der Waals surface area (Å²) in [5.41, 5.74) is 7.50. The largest absolute Gasteiger partial charge is 0.330 e. The third kappa shape index (κ3) is 2.38. The Labute approximate surface area is 132 Å². The molecule has 2 aromatic heterocycles. The fourth-order valence-electron chi connectivity index (χ4n) is 2.49. The Kier molecular flexibility index (Phi) is 3.92. The van der Waals surface area contributed by atoms with Gasteiger partial charge in [-0.15, -0.1) is 0 Å². The summed E-state index contributed by atoms with van der Waals surface area (Å²) < 4.78 is 1.56. The first-order valence-electron chi connectivity index (χ1n) is 6.95. The van der Waals surface area contributed by atoms with E-state index in [9.17, 15) is 4.79 Å². The maximum Gasteiger partial charge on any atom is 0.267 e. The van der Waals surface area contributed by atoms with Crippen LogP contribution in [0.1, 0.15) is 11.5 Å². The highest BCUT2D eigenvalue weighted by atomic mass is 35.5. The summed E-state index contributed by atoms with van der Waals surface area (Å²) in [5.74, 6) is 0.610. The maximum absolute atomic E-state index is 13.0. The maximum atomic E-state index is 13.0. The molecule has 0 radical (unpaired) electrons. The quantitative estimate of drug-likeness (QED) is 0.804. The van der Waals surface area contributed by atoms with Crippen LogP contribution in [-0.2, 0) is 6.42 Å². The standard InChI is InChI=1S/C16H15ClN4O/c1-10-13(6-3-9-19-10)21-14(7-8-18)20-12-5-2-4-11(17)15(12)16(21)22/h2-6,9H,7-8,18H2,1H3. The monoisotopic (exact) mass is 314 g/mol. The van der Waals surface area contributed by atoms with Crippen LogP contribution in [0.4, 0.5) is 0 Å². The van der Waals surface area contributed by atoms with E-state index in [1.54, 1.807) is 35.0 Å². The Morgan fingerprint density at radius 1 is 1.27 bits per heavy atom. The second-order valence-corrected chi connectivity index (χ2v) is 5.36. The third-order valence-corrected chi connectivity index (χ3v) is 3.82. The van der Waals surface area contributed by atoms with Gasteiger partial charge in [0.1, 0.15) is 5.82 Å². The number of aryl methyl sites for hydroxylation is 1. The third-order valence-electron chi connectivity index (χ3n) is 3.50. The van der Waals surface area contributed by atoms with Crippen molar-refractivity contribution in [3.8, 4) is 5.69 Å². The van der Waals surface area contributed by atoms with Crippen LogP contribution in [0.3, 0.4) is 0 Å². The molecule has 0 atom stereocenters. The van der Waals surface area contributed by atoms with E-state index >= 15 is 0 Å². The van der Waals surface area contributed by atoms with Crippen LogP contribution in [0.15, 0.2) is 41.3 Å². The zero-order valence-electron chi connectivity index (χ0n) is 12.1. The first kappa shape index (κ1) is 14.7. The van der Waals surface area contributed by atoms with Crippen LogP contribution >= 0.6 is 11.6 Å². The predicted octanol–water partition coefficient (Wildman–Crippen LogP) is 2.24. The minimum Gasteiger partial charge on any atom is -0.330 e. The highest BCUT2D eigenvalue weighted by Gasteiger charge is 2.15. The number of hydrogen-bond donors (Lipinski definition) is 1. The van der Waals surface area contributed by atoms with Crippen LogP contribution in [-0.4, -0.2) is 21.1 Å². The van der Waals surface area contributed by atoms with Crippen LogP contribution in [0, 0.1) is 6.92 Å². The van der Waals surface area contributed by atoms with E-state index in [1.807, 2.05) is 13.0 Å². The molecule has 0 fully saturated rings. The molecular weight excluding hydrogens is 300 g/mol. The van der Waals surface area contributed by atoms with E-state index in [0.717, 1.165) is 5.69 Å². The second-order valence-electron chi connectivity index (χ2n) is 4.95. The van der Waals surface area contributed by atoms with Gasteiger partial charge in [-0.05, 0) is 37.7 Å². The lowest BCUT2D eigenvalue weighted by Crippen LogP contribution is -2.26. The Morgan fingerprint density at radius 3 is 2.82 bits per heavy atom. The van der Waals surface area contributed by atoms with Gasteiger partial charge in [-0.3, -0.25) is 14.3 Å². The SMILES string of the molecule is Cc1ncccc1-n1c(CCN)nc2cccc(Cl)c2c1=O. The smallest absolute Gasteiger partial charge is 0.267 e. The van der Waals surface area contributed by atoms with E-state index in [2.05, 4.69) is 9.97 Å². The molecule has 0 aliphatic carbocycles. The number of aromatic nitrogens is 3. The topological polar surface area (TPSA) is 73.8 Å². The first-order valence-corrected chi connectivity index (χ1v) is 7.33. The summed E-state index contributed by atoms with van der Waals surface area (Å²) in [5, 5.41) is 0.804. The van der Waals surface area contributed by atoms with Gasteiger partial charge in [0.05, 0.1) is 27.3 Å². The van der Waals surface area contributed by atoms with Crippen LogP contribution in [0.25, 0.3) is 16.6 Å². The number of rotatable bonds is 3. The zero-order valence-corrected chi connectivity index (χ0v) is 12.8. The molecule has 2 N–H and O–H groups in total. The summed E-state index contributed by atoms with van der Waals surface area (Å²) in [6.07, 6.45) is 2.18. The van der Waals surface area contributed by atoms with Crippen molar-refractivity contribution in [2.75, 3.05) is 6.54 Å². The van der Waals surface area contributed by atoms with E-state index in [-0.39, 0.29) is 5.56 Å². The lowest BCUT2D eigenvalue weighted by Gasteiger charge is -2.15. The van der Waals surface area contributed by atoms with Gasteiger partial charge < -0.3 is 5.73 Å². The number of halogens is 1. The molecule has 3 aromatic rings. The number of benzene rings is 1. The van der Waals surface area contributed by atoms with E-state index < -0.39 is 0 Å². The van der Waals surface area contributed by atoms with Crippen molar-refractivity contribution in [1.82, 2.24) is 14.5 Å². The van der Waals surface area contributed by atoms with Gasteiger partial charge in [0.15, 0.2) is 0 Å². The van der Waals surface area contributed by atoms with E-state index in [0.29, 0.717) is 40.4 Å². The number of pyridine rings is 1. The average molecular weight is 315 g/mol. The summed E-state index contributed by atoms with van der Waals surface area (Å²) >= 11 is 6.20. The molecule has 0 unspecified atom stereocenters. The fourth-order valence-corrected chi connectivity index (χ4v) is 2.74. The van der Waals surface area contributed by atoms with Crippen molar-refractivity contribution in [3.05, 3.63) is 63.4 Å². The molecule has 112 valence electrons. The second kappa shape index (κ2) is 5.87.